The first-order valence-corrected chi connectivity index (χ1v) is 5.72. The third-order valence-electron chi connectivity index (χ3n) is 2.88. The number of rotatable bonds is 5. The Morgan fingerprint density at radius 2 is 2.12 bits per heavy atom. The smallest absolute Gasteiger partial charge is 0.410 e. The molecule has 1 aliphatic rings. The molecule has 2 rings (SSSR count). The molecule has 1 aromatic carbocycles. The molecular formula is C13H15NO3. The van der Waals surface area contributed by atoms with Gasteiger partial charge in [-0.05, 0) is 12.0 Å². The van der Waals surface area contributed by atoms with Crippen molar-refractivity contribution in [2.24, 2.45) is 0 Å². The second kappa shape index (κ2) is 5.48. The number of ether oxygens (including phenoxy) is 1. The van der Waals surface area contributed by atoms with Crippen LogP contribution in [0.25, 0.3) is 0 Å². The lowest BCUT2D eigenvalue weighted by molar-refractivity contribution is -0.108. The van der Waals surface area contributed by atoms with Crippen LogP contribution >= 0.6 is 0 Å². The normalized spacial score (nSPS) is 19.2. The second-order valence-corrected chi connectivity index (χ2v) is 4.07. The van der Waals surface area contributed by atoms with E-state index < -0.39 is 0 Å². The summed E-state index contributed by atoms with van der Waals surface area (Å²) >= 11 is 0. The van der Waals surface area contributed by atoms with Gasteiger partial charge in [-0.25, -0.2) is 4.79 Å². The Morgan fingerprint density at radius 1 is 1.35 bits per heavy atom. The molecule has 1 atom stereocenters. The van der Waals surface area contributed by atoms with Crippen LogP contribution in [-0.4, -0.2) is 36.5 Å². The molecule has 0 bridgehead atoms. The Hall–Kier alpha value is -1.84. The first-order valence-electron chi connectivity index (χ1n) is 5.72. The summed E-state index contributed by atoms with van der Waals surface area (Å²) in [7, 11) is 0. The minimum atomic E-state index is -0.312. The third-order valence-corrected chi connectivity index (χ3v) is 2.88. The quantitative estimate of drug-likeness (QED) is 0.726. The molecule has 1 aliphatic heterocycles. The number of amides is 1. The number of cyclic esters (lactones) is 1. The number of hydrogen-bond donors (Lipinski definition) is 0. The summed E-state index contributed by atoms with van der Waals surface area (Å²) < 4.78 is 5.02. The van der Waals surface area contributed by atoms with Crippen molar-refractivity contribution in [3.05, 3.63) is 35.9 Å². The Labute approximate surface area is 100 Å². The van der Waals surface area contributed by atoms with E-state index in [1.54, 1.807) is 4.90 Å². The number of hydrogen-bond acceptors (Lipinski definition) is 3. The van der Waals surface area contributed by atoms with E-state index in [0.29, 0.717) is 19.6 Å². The minimum Gasteiger partial charge on any atom is -0.447 e. The van der Waals surface area contributed by atoms with Crippen LogP contribution in [0.1, 0.15) is 12.0 Å². The van der Waals surface area contributed by atoms with E-state index in [9.17, 15) is 9.59 Å². The summed E-state index contributed by atoms with van der Waals surface area (Å²) in [5, 5.41) is 0. The van der Waals surface area contributed by atoms with E-state index in [2.05, 4.69) is 0 Å². The van der Waals surface area contributed by atoms with Crippen LogP contribution in [0.2, 0.25) is 0 Å². The van der Waals surface area contributed by atoms with E-state index in [-0.39, 0.29) is 12.1 Å². The number of aldehydes is 1. The Bertz CT molecular complexity index is 391. The summed E-state index contributed by atoms with van der Waals surface area (Å²) in [6, 6.07) is 10.0. The SMILES string of the molecule is O=CCCN1C(=O)OC[C@H]1Cc1ccccc1. The summed E-state index contributed by atoms with van der Waals surface area (Å²) in [6.07, 6.45) is 1.64. The van der Waals surface area contributed by atoms with Crippen LogP contribution in [0.3, 0.4) is 0 Å². The van der Waals surface area contributed by atoms with E-state index in [0.717, 1.165) is 12.7 Å². The van der Waals surface area contributed by atoms with Crippen molar-refractivity contribution < 1.29 is 14.3 Å². The van der Waals surface area contributed by atoms with Gasteiger partial charge in [-0.3, -0.25) is 0 Å². The Morgan fingerprint density at radius 3 is 2.82 bits per heavy atom. The van der Waals surface area contributed by atoms with Gasteiger partial charge in [0, 0.05) is 13.0 Å². The maximum Gasteiger partial charge on any atom is 0.410 e. The van der Waals surface area contributed by atoms with Crippen LogP contribution < -0.4 is 0 Å². The summed E-state index contributed by atoms with van der Waals surface area (Å²) in [5.74, 6) is 0. The fourth-order valence-electron chi connectivity index (χ4n) is 2.01. The van der Waals surface area contributed by atoms with Crippen molar-refractivity contribution in [3.8, 4) is 0 Å². The van der Waals surface area contributed by atoms with Crippen molar-refractivity contribution in [2.75, 3.05) is 13.2 Å². The van der Waals surface area contributed by atoms with Crippen LogP contribution in [0.5, 0.6) is 0 Å². The van der Waals surface area contributed by atoms with E-state index in [1.165, 1.54) is 5.56 Å². The van der Waals surface area contributed by atoms with Gasteiger partial charge in [-0.1, -0.05) is 30.3 Å². The number of nitrogens with zero attached hydrogens (tertiary/aromatic N) is 1. The molecule has 0 unspecified atom stereocenters. The molecule has 1 amide bonds. The van der Waals surface area contributed by atoms with Gasteiger partial charge >= 0.3 is 6.09 Å². The monoisotopic (exact) mass is 233 g/mol. The molecule has 1 saturated heterocycles. The van der Waals surface area contributed by atoms with Crippen LogP contribution in [0.4, 0.5) is 4.79 Å². The molecule has 1 heterocycles. The van der Waals surface area contributed by atoms with E-state index >= 15 is 0 Å². The topological polar surface area (TPSA) is 46.6 Å². The van der Waals surface area contributed by atoms with E-state index in [4.69, 9.17) is 4.74 Å². The van der Waals surface area contributed by atoms with Crippen molar-refractivity contribution in [3.63, 3.8) is 0 Å². The molecule has 0 radical (unpaired) electrons. The summed E-state index contributed by atoms with van der Waals surface area (Å²) in [6.45, 7) is 0.854. The molecule has 0 N–H and O–H groups in total. The molecule has 1 aromatic rings. The lowest BCUT2D eigenvalue weighted by atomic mass is 10.1. The fourth-order valence-corrected chi connectivity index (χ4v) is 2.01. The molecule has 4 nitrogen and oxygen atoms in total. The van der Waals surface area contributed by atoms with Gasteiger partial charge in [0.05, 0.1) is 6.04 Å². The fraction of sp³-hybridized carbons (Fsp3) is 0.385. The second-order valence-electron chi connectivity index (χ2n) is 4.07. The number of carbonyl (C=O) groups is 2. The highest BCUT2D eigenvalue weighted by Gasteiger charge is 2.32. The zero-order chi connectivity index (χ0) is 12.1. The standard InChI is InChI=1S/C13H15NO3/c15-8-4-7-14-12(10-17-13(14)16)9-11-5-2-1-3-6-11/h1-3,5-6,8,12H,4,7,9-10H2/t12-/m1/s1. The molecule has 0 aromatic heterocycles. The third kappa shape index (κ3) is 2.84. The van der Waals surface area contributed by atoms with Gasteiger partial charge in [-0.15, -0.1) is 0 Å². The highest BCUT2D eigenvalue weighted by Crippen LogP contribution is 2.17. The summed E-state index contributed by atoms with van der Waals surface area (Å²) in [4.78, 5) is 23.5. The first-order chi connectivity index (χ1) is 8.31. The Kier molecular flexibility index (Phi) is 3.75. The lowest BCUT2D eigenvalue weighted by Gasteiger charge is -2.20. The number of carbonyl (C=O) groups excluding carboxylic acids is 2. The first kappa shape index (κ1) is 11.6. The van der Waals surface area contributed by atoms with Crippen molar-refractivity contribution >= 4 is 12.4 Å². The Balaban J connectivity index is 1.99. The highest BCUT2D eigenvalue weighted by atomic mass is 16.6. The molecule has 4 heteroatoms. The highest BCUT2D eigenvalue weighted by molar-refractivity contribution is 5.70. The average molecular weight is 233 g/mol. The van der Waals surface area contributed by atoms with Crippen LogP contribution in [0, 0.1) is 0 Å². The maximum atomic E-state index is 11.5. The van der Waals surface area contributed by atoms with Crippen molar-refractivity contribution in [1.29, 1.82) is 0 Å². The molecule has 17 heavy (non-hydrogen) atoms. The molecule has 0 aliphatic carbocycles. The van der Waals surface area contributed by atoms with E-state index in [1.807, 2.05) is 30.3 Å². The van der Waals surface area contributed by atoms with Gasteiger partial charge in [0.15, 0.2) is 0 Å². The zero-order valence-electron chi connectivity index (χ0n) is 9.54. The molecule has 1 fully saturated rings. The molecular weight excluding hydrogens is 218 g/mol. The molecule has 0 saturated carbocycles. The number of benzene rings is 1. The van der Waals surface area contributed by atoms with Crippen molar-refractivity contribution in [2.45, 2.75) is 18.9 Å². The van der Waals surface area contributed by atoms with Gasteiger partial charge in [0.2, 0.25) is 0 Å². The summed E-state index contributed by atoms with van der Waals surface area (Å²) in [5.41, 5.74) is 1.17. The largest absolute Gasteiger partial charge is 0.447 e. The minimum absolute atomic E-state index is 0.0462. The van der Waals surface area contributed by atoms with Gasteiger partial charge < -0.3 is 14.4 Å². The zero-order valence-corrected chi connectivity index (χ0v) is 9.54. The maximum absolute atomic E-state index is 11.5. The predicted molar refractivity (Wildman–Crippen MR) is 62.7 cm³/mol. The van der Waals surface area contributed by atoms with Gasteiger partial charge in [0.1, 0.15) is 12.9 Å². The van der Waals surface area contributed by atoms with Gasteiger partial charge in [0.25, 0.3) is 0 Å². The lowest BCUT2D eigenvalue weighted by Crippen LogP contribution is -2.35. The van der Waals surface area contributed by atoms with Crippen LogP contribution in [-0.2, 0) is 16.0 Å². The average Bonchev–Trinajstić information content (AvgIpc) is 2.69. The van der Waals surface area contributed by atoms with Crippen molar-refractivity contribution in [1.82, 2.24) is 4.90 Å². The molecule has 0 spiro atoms. The predicted octanol–water partition coefficient (Wildman–Crippen LogP) is 1.64. The van der Waals surface area contributed by atoms with Gasteiger partial charge in [-0.2, -0.15) is 0 Å². The molecule has 90 valence electrons. The van der Waals surface area contributed by atoms with Crippen LogP contribution in [0.15, 0.2) is 30.3 Å².